The van der Waals surface area contributed by atoms with Gasteiger partial charge in [0, 0.05) is 6.21 Å². The number of aromatic amines is 1. The number of aromatic nitrogens is 5. The minimum Gasteiger partial charge on any atom is -0.497 e. The molecular weight excluding hydrogens is 290 g/mol. The number of hydrogen-bond acceptors (Lipinski definition) is 8. The van der Waals surface area contributed by atoms with Crippen LogP contribution in [0.2, 0.25) is 0 Å². The number of tetrazole rings is 1. The molecule has 2 heterocycles. The van der Waals surface area contributed by atoms with Crippen LogP contribution in [0.3, 0.4) is 0 Å². The topological polar surface area (TPSA) is 113 Å². The van der Waals surface area contributed by atoms with Gasteiger partial charge in [-0.1, -0.05) is 16.6 Å². The van der Waals surface area contributed by atoms with E-state index in [0.717, 1.165) is 16.0 Å². The molecule has 0 spiro atoms. The van der Waals surface area contributed by atoms with Crippen LogP contribution in [0.1, 0.15) is 11.7 Å². The summed E-state index contributed by atoms with van der Waals surface area (Å²) in [4.78, 5) is 8.59. The van der Waals surface area contributed by atoms with Crippen LogP contribution in [0.15, 0.2) is 23.2 Å². The Morgan fingerprint density at radius 2 is 2.43 bits per heavy atom. The summed E-state index contributed by atoms with van der Waals surface area (Å²) in [7, 11) is 1.61. The van der Waals surface area contributed by atoms with Crippen LogP contribution >= 0.6 is 11.3 Å². The molecule has 0 saturated carbocycles. The van der Waals surface area contributed by atoms with Crippen molar-refractivity contribution in [2.75, 3.05) is 7.11 Å². The molecular formula is C12H9N7OS. The van der Waals surface area contributed by atoms with Crippen molar-refractivity contribution in [3.63, 3.8) is 0 Å². The summed E-state index contributed by atoms with van der Waals surface area (Å²) >= 11 is 1.41. The fourth-order valence-electron chi connectivity index (χ4n) is 1.67. The van der Waals surface area contributed by atoms with Gasteiger partial charge in [0.25, 0.3) is 0 Å². The summed E-state index contributed by atoms with van der Waals surface area (Å²) in [5.74, 6) is 0.387. The van der Waals surface area contributed by atoms with Gasteiger partial charge in [0.15, 0.2) is 5.82 Å². The van der Waals surface area contributed by atoms with E-state index < -0.39 is 5.92 Å². The average Bonchev–Trinajstić information content (AvgIpc) is 3.16. The minimum absolute atomic E-state index is 0.282. The summed E-state index contributed by atoms with van der Waals surface area (Å²) in [5.41, 5.74) is 0.834. The summed E-state index contributed by atoms with van der Waals surface area (Å²) in [6.45, 7) is 0. The summed E-state index contributed by atoms with van der Waals surface area (Å²) in [6.07, 6.45) is 1.46. The Bertz CT molecular complexity index is 818. The van der Waals surface area contributed by atoms with Crippen molar-refractivity contribution in [3.8, 4) is 11.8 Å². The highest BCUT2D eigenvalue weighted by Crippen LogP contribution is 2.30. The van der Waals surface area contributed by atoms with Gasteiger partial charge in [-0.2, -0.15) is 10.5 Å². The highest BCUT2D eigenvalue weighted by atomic mass is 32.1. The zero-order chi connectivity index (χ0) is 14.7. The predicted octanol–water partition coefficient (Wildman–Crippen LogP) is 1.83. The van der Waals surface area contributed by atoms with Gasteiger partial charge >= 0.3 is 0 Å². The van der Waals surface area contributed by atoms with E-state index in [-0.39, 0.29) is 5.82 Å². The van der Waals surface area contributed by atoms with Crippen molar-refractivity contribution >= 4 is 32.9 Å². The fourth-order valence-corrected chi connectivity index (χ4v) is 2.52. The number of rotatable bonds is 4. The SMILES string of the molecule is COc1ccc2nc(N=CC(C#N)c3nn[nH]n3)sc2c1. The highest BCUT2D eigenvalue weighted by molar-refractivity contribution is 7.22. The number of thiazole rings is 1. The molecule has 3 rings (SSSR count). The lowest BCUT2D eigenvalue weighted by atomic mass is 10.2. The van der Waals surface area contributed by atoms with E-state index in [1.807, 2.05) is 24.3 Å². The van der Waals surface area contributed by atoms with E-state index in [1.165, 1.54) is 17.6 Å². The number of nitrogens with one attached hydrogen (secondary N) is 1. The molecule has 9 heteroatoms. The molecule has 2 aromatic heterocycles. The minimum atomic E-state index is -0.662. The first-order valence-corrected chi connectivity index (χ1v) is 6.73. The second-order valence-corrected chi connectivity index (χ2v) is 4.99. The lowest BCUT2D eigenvalue weighted by Crippen LogP contribution is -1.99. The Labute approximate surface area is 123 Å². The van der Waals surface area contributed by atoms with Gasteiger partial charge < -0.3 is 4.74 Å². The summed E-state index contributed by atoms with van der Waals surface area (Å²) in [6, 6.07) is 7.65. The number of ether oxygens (including phenoxy) is 1. The first kappa shape index (κ1) is 13.1. The Morgan fingerprint density at radius 3 is 3.14 bits per heavy atom. The summed E-state index contributed by atoms with van der Waals surface area (Å²) < 4.78 is 6.13. The Balaban J connectivity index is 1.87. The van der Waals surface area contributed by atoms with Crippen LogP contribution in [0.25, 0.3) is 10.2 Å². The molecule has 0 aliphatic heterocycles. The normalized spacial score (nSPS) is 12.6. The van der Waals surface area contributed by atoms with Crippen molar-refractivity contribution in [2.45, 2.75) is 5.92 Å². The number of methoxy groups -OCH3 is 1. The van der Waals surface area contributed by atoms with Crippen LogP contribution in [0.5, 0.6) is 5.75 Å². The van der Waals surface area contributed by atoms with E-state index in [0.29, 0.717) is 5.13 Å². The number of nitrogens with zero attached hydrogens (tertiary/aromatic N) is 6. The van der Waals surface area contributed by atoms with Crippen LogP contribution in [0.4, 0.5) is 5.13 Å². The average molecular weight is 299 g/mol. The summed E-state index contributed by atoms with van der Waals surface area (Å²) in [5, 5.41) is 22.9. The molecule has 0 radical (unpaired) electrons. The van der Waals surface area contributed by atoms with Crippen LogP contribution in [0, 0.1) is 11.3 Å². The number of aliphatic imine (C=N–C) groups is 1. The van der Waals surface area contributed by atoms with E-state index in [9.17, 15) is 0 Å². The van der Waals surface area contributed by atoms with Gasteiger partial charge in [0.1, 0.15) is 11.7 Å². The molecule has 0 amide bonds. The second kappa shape index (κ2) is 5.64. The highest BCUT2D eigenvalue weighted by Gasteiger charge is 2.13. The van der Waals surface area contributed by atoms with E-state index >= 15 is 0 Å². The van der Waals surface area contributed by atoms with E-state index in [4.69, 9.17) is 10.00 Å². The van der Waals surface area contributed by atoms with Crippen molar-refractivity contribution in [3.05, 3.63) is 24.0 Å². The maximum Gasteiger partial charge on any atom is 0.209 e. The van der Waals surface area contributed by atoms with Crippen molar-refractivity contribution in [1.82, 2.24) is 25.6 Å². The van der Waals surface area contributed by atoms with Crippen molar-refractivity contribution in [2.24, 2.45) is 4.99 Å². The molecule has 1 N–H and O–H groups in total. The monoisotopic (exact) mass is 299 g/mol. The zero-order valence-corrected chi connectivity index (χ0v) is 11.7. The fraction of sp³-hybridized carbons (Fsp3) is 0.167. The molecule has 1 aromatic carbocycles. The van der Waals surface area contributed by atoms with Gasteiger partial charge in [-0.25, -0.2) is 9.98 Å². The molecule has 0 fully saturated rings. The number of fused-ring (bicyclic) bond motifs is 1. The molecule has 0 bridgehead atoms. The van der Waals surface area contributed by atoms with Gasteiger partial charge in [-0.3, -0.25) is 0 Å². The smallest absolute Gasteiger partial charge is 0.209 e. The molecule has 1 unspecified atom stereocenters. The van der Waals surface area contributed by atoms with Crippen LogP contribution in [-0.2, 0) is 0 Å². The third kappa shape index (κ3) is 2.70. The standard InChI is InChI=1S/C12H9N7OS/c1-20-8-2-3-9-10(4-8)21-12(15-9)14-6-7(5-13)11-16-18-19-17-11/h2-4,6-7H,1H3,(H,16,17,18,19). The van der Waals surface area contributed by atoms with Crippen molar-refractivity contribution < 1.29 is 4.74 Å². The Kier molecular flexibility index (Phi) is 3.53. The maximum atomic E-state index is 9.09. The molecule has 0 aliphatic carbocycles. The molecule has 21 heavy (non-hydrogen) atoms. The molecule has 0 saturated heterocycles. The third-order valence-electron chi connectivity index (χ3n) is 2.70. The number of hydrogen-bond donors (Lipinski definition) is 1. The van der Waals surface area contributed by atoms with Gasteiger partial charge in [-0.05, 0) is 18.2 Å². The van der Waals surface area contributed by atoms with Gasteiger partial charge in [-0.15, -0.1) is 10.2 Å². The molecule has 0 aliphatic rings. The third-order valence-corrected chi connectivity index (χ3v) is 3.62. The molecule has 3 aromatic rings. The van der Waals surface area contributed by atoms with Crippen LogP contribution in [-0.4, -0.2) is 38.9 Å². The lowest BCUT2D eigenvalue weighted by molar-refractivity contribution is 0.415. The second-order valence-electron chi connectivity index (χ2n) is 3.99. The Morgan fingerprint density at radius 1 is 1.52 bits per heavy atom. The molecule has 8 nitrogen and oxygen atoms in total. The lowest BCUT2D eigenvalue weighted by Gasteiger charge is -1.96. The maximum absolute atomic E-state index is 9.09. The molecule has 1 atom stereocenters. The van der Waals surface area contributed by atoms with E-state index in [1.54, 1.807) is 7.11 Å². The first-order valence-electron chi connectivity index (χ1n) is 5.92. The zero-order valence-electron chi connectivity index (χ0n) is 10.9. The van der Waals surface area contributed by atoms with Crippen molar-refractivity contribution in [1.29, 1.82) is 5.26 Å². The predicted molar refractivity (Wildman–Crippen MR) is 76.9 cm³/mol. The first-order chi connectivity index (χ1) is 10.3. The van der Waals surface area contributed by atoms with E-state index in [2.05, 4.69) is 30.6 Å². The number of benzene rings is 1. The number of H-pyrrole nitrogens is 1. The van der Waals surface area contributed by atoms with Crippen LogP contribution < -0.4 is 4.74 Å². The Hall–Kier alpha value is -2.86. The number of nitriles is 1. The van der Waals surface area contributed by atoms with Gasteiger partial charge in [0.2, 0.25) is 5.13 Å². The van der Waals surface area contributed by atoms with Gasteiger partial charge in [0.05, 0.1) is 23.4 Å². The quantitative estimate of drug-likeness (QED) is 0.735. The molecule has 104 valence electrons. The largest absolute Gasteiger partial charge is 0.497 e.